The molecule has 0 aromatic heterocycles. The molecule has 3 N–H and O–H groups in total. The molecule has 0 fully saturated rings. The van der Waals surface area contributed by atoms with Gasteiger partial charge in [-0.05, 0) is 30.9 Å². The van der Waals surface area contributed by atoms with Gasteiger partial charge in [0, 0.05) is 25.3 Å². The summed E-state index contributed by atoms with van der Waals surface area (Å²) in [6.07, 6.45) is 0. The van der Waals surface area contributed by atoms with Crippen molar-refractivity contribution < 1.29 is 4.79 Å². The van der Waals surface area contributed by atoms with Crippen molar-refractivity contribution in [2.24, 2.45) is 11.1 Å². The molecule has 0 spiro atoms. The molecule has 1 atom stereocenters. The van der Waals surface area contributed by atoms with Crippen molar-refractivity contribution in [3.8, 4) is 0 Å². The molecule has 0 unspecified atom stereocenters. The van der Waals surface area contributed by atoms with Crippen LogP contribution in [0.25, 0.3) is 0 Å². The normalized spacial score (nSPS) is 11.7. The van der Waals surface area contributed by atoms with Crippen molar-refractivity contribution in [1.82, 2.24) is 5.32 Å². The van der Waals surface area contributed by atoms with Gasteiger partial charge in [-0.25, -0.2) is 0 Å². The van der Waals surface area contributed by atoms with E-state index in [1.54, 1.807) is 0 Å². The van der Waals surface area contributed by atoms with Gasteiger partial charge in [0.1, 0.15) is 0 Å². The van der Waals surface area contributed by atoms with Gasteiger partial charge in [-0.15, -0.1) is 24.8 Å². The molecule has 0 aliphatic carbocycles. The Bertz CT molecular complexity index is 475. The summed E-state index contributed by atoms with van der Waals surface area (Å²) in [4.78, 5) is 14.3. The van der Waals surface area contributed by atoms with Gasteiger partial charge >= 0.3 is 0 Å². The van der Waals surface area contributed by atoms with Crippen LogP contribution >= 0.6 is 24.8 Å². The molecule has 23 heavy (non-hydrogen) atoms. The first kappa shape index (κ1) is 24.3. The van der Waals surface area contributed by atoms with Crippen LogP contribution in [-0.4, -0.2) is 31.6 Å². The number of carbonyl (C=O) groups is 1. The smallest absolute Gasteiger partial charge is 0.237 e. The van der Waals surface area contributed by atoms with Crippen LogP contribution in [0.15, 0.2) is 24.3 Å². The average molecular weight is 364 g/mol. The molecule has 1 aromatic rings. The van der Waals surface area contributed by atoms with Gasteiger partial charge in [0.05, 0.1) is 6.04 Å². The molecule has 4 nitrogen and oxygen atoms in total. The first-order chi connectivity index (χ1) is 9.77. The fraction of sp³-hybridized carbons (Fsp3) is 0.588. The molecule has 1 aromatic carbocycles. The second-order valence-corrected chi connectivity index (χ2v) is 6.50. The highest BCUT2D eigenvalue weighted by molar-refractivity contribution is 5.85. The van der Waals surface area contributed by atoms with Crippen molar-refractivity contribution in [2.75, 3.05) is 24.5 Å². The molecule has 0 radical (unpaired) electrons. The number of carbonyl (C=O) groups excluding carboxylic acids is 1. The number of nitrogens with zero attached hydrogens (tertiary/aromatic N) is 1. The number of hydrogen-bond acceptors (Lipinski definition) is 3. The number of para-hydroxylation sites is 1. The van der Waals surface area contributed by atoms with E-state index >= 15 is 0 Å². The van der Waals surface area contributed by atoms with Crippen molar-refractivity contribution in [3.05, 3.63) is 29.8 Å². The van der Waals surface area contributed by atoms with E-state index in [-0.39, 0.29) is 36.1 Å². The van der Waals surface area contributed by atoms with E-state index in [1.807, 2.05) is 32.9 Å². The minimum absolute atomic E-state index is 0. The lowest BCUT2D eigenvalue weighted by Gasteiger charge is -2.28. The lowest BCUT2D eigenvalue weighted by atomic mass is 9.87. The van der Waals surface area contributed by atoms with E-state index < -0.39 is 6.04 Å². The Morgan fingerprint density at radius 2 is 1.83 bits per heavy atom. The summed E-state index contributed by atoms with van der Waals surface area (Å²) in [6.45, 7) is 12.4. The summed E-state index contributed by atoms with van der Waals surface area (Å²) in [6, 6.07) is 7.81. The van der Waals surface area contributed by atoms with Crippen LogP contribution in [0.4, 0.5) is 5.69 Å². The summed E-state index contributed by atoms with van der Waals surface area (Å²) >= 11 is 0. The molecule has 0 bridgehead atoms. The summed E-state index contributed by atoms with van der Waals surface area (Å²) in [5.41, 5.74) is 8.20. The predicted octanol–water partition coefficient (Wildman–Crippen LogP) is 3.15. The molecule has 1 amide bonds. The summed E-state index contributed by atoms with van der Waals surface area (Å²) < 4.78 is 0. The standard InChI is InChI=1S/C17H29N3O.2ClH/c1-6-20(14-10-8-7-9-13(14)2)12-11-19-16(21)15(18)17(3,4)5;;/h7-10,15H,6,11-12,18H2,1-5H3,(H,19,21);2*1H/t15-;;/m1../s1. The SMILES string of the molecule is CCN(CCNC(=O)[C@@H](N)C(C)(C)C)c1ccccc1C.Cl.Cl. The Kier molecular flexibility index (Phi) is 11.3. The number of likely N-dealkylation sites (N-methyl/N-ethyl adjacent to an activating group) is 1. The minimum Gasteiger partial charge on any atom is -0.370 e. The van der Waals surface area contributed by atoms with Crippen molar-refractivity contribution >= 4 is 36.4 Å². The zero-order valence-corrected chi connectivity index (χ0v) is 16.4. The Morgan fingerprint density at radius 1 is 1.26 bits per heavy atom. The van der Waals surface area contributed by atoms with E-state index in [4.69, 9.17) is 5.73 Å². The molecule has 0 saturated heterocycles. The number of halogens is 2. The Morgan fingerprint density at radius 3 is 2.30 bits per heavy atom. The van der Waals surface area contributed by atoms with Crippen molar-refractivity contribution in [2.45, 2.75) is 40.7 Å². The van der Waals surface area contributed by atoms with Gasteiger partial charge in [-0.2, -0.15) is 0 Å². The monoisotopic (exact) mass is 363 g/mol. The summed E-state index contributed by atoms with van der Waals surface area (Å²) in [5, 5.41) is 2.94. The topological polar surface area (TPSA) is 58.4 Å². The summed E-state index contributed by atoms with van der Waals surface area (Å²) in [7, 11) is 0. The van der Waals surface area contributed by atoms with E-state index in [1.165, 1.54) is 11.3 Å². The molecule has 0 saturated carbocycles. The Balaban J connectivity index is 0. The zero-order chi connectivity index (χ0) is 16.0. The molecule has 134 valence electrons. The van der Waals surface area contributed by atoms with Gasteiger partial charge < -0.3 is 16.0 Å². The van der Waals surface area contributed by atoms with Gasteiger partial charge in [0.25, 0.3) is 0 Å². The highest BCUT2D eigenvalue weighted by Crippen LogP contribution is 2.19. The maximum absolute atomic E-state index is 12.0. The van der Waals surface area contributed by atoms with E-state index in [9.17, 15) is 4.79 Å². The second-order valence-electron chi connectivity index (χ2n) is 6.50. The number of benzene rings is 1. The van der Waals surface area contributed by atoms with Crippen LogP contribution < -0.4 is 16.0 Å². The lowest BCUT2D eigenvalue weighted by Crippen LogP contribution is -2.50. The predicted molar refractivity (Wildman–Crippen MR) is 104 cm³/mol. The largest absolute Gasteiger partial charge is 0.370 e. The van der Waals surface area contributed by atoms with E-state index in [0.29, 0.717) is 6.54 Å². The molecule has 1 rings (SSSR count). The van der Waals surface area contributed by atoms with E-state index in [0.717, 1.165) is 13.1 Å². The Hall–Kier alpha value is -0.970. The van der Waals surface area contributed by atoms with Crippen LogP contribution in [-0.2, 0) is 4.79 Å². The molecular weight excluding hydrogens is 333 g/mol. The molecule has 0 heterocycles. The zero-order valence-electron chi connectivity index (χ0n) is 14.8. The van der Waals surface area contributed by atoms with Crippen molar-refractivity contribution in [1.29, 1.82) is 0 Å². The highest BCUT2D eigenvalue weighted by Gasteiger charge is 2.27. The highest BCUT2D eigenvalue weighted by atomic mass is 35.5. The number of amides is 1. The number of anilines is 1. The maximum atomic E-state index is 12.0. The molecule has 6 heteroatoms. The molecule has 0 aliphatic rings. The van der Waals surface area contributed by atoms with Crippen LogP contribution in [0, 0.1) is 12.3 Å². The third-order valence-corrected chi connectivity index (χ3v) is 3.73. The lowest BCUT2D eigenvalue weighted by molar-refractivity contribution is -0.124. The first-order valence-corrected chi connectivity index (χ1v) is 7.61. The van der Waals surface area contributed by atoms with Gasteiger partial charge in [-0.3, -0.25) is 4.79 Å². The average Bonchev–Trinajstić information content (AvgIpc) is 2.42. The number of aryl methyl sites for hydroxylation is 1. The van der Waals surface area contributed by atoms with Crippen molar-refractivity contribution in [3.63, 3.8) is 0 Å². The first-order valence-electron chi connectivity index (χ1n) is 7.61. The molecular formula is C17H31Cl2N3O. The quantitative estimate of drug-likeness (QED) is 0.815. The number of rotatable bonds is 6. The number of hydrogen-bond donors (Lipinski definition) is 2. The number of nitrogens with one attached hydrogen (secondary N) is 1. The van der Waals surface area contributed by atoms with Crippen LogP contribution in [0.2, 0.25) is 0 Å². The third-order valence-electron chi connectivity index (χ3n) is 3.73. The fourth-order valence-electron chi connectivity index (χ4n) is 2.18. The second kappa shape index (κ2) is 10.7. The van der Waals surface area contributed by atoms with Crippen LogP contribution in [0.3, 0.4) is 0 Å². The van der Waals surface area contributed by atoms with Gasteiger partial charge in [-0.1, -0.05) is 39.0 Å². The van der Waals surface area contributed by atoms with Crippen LogP contribution in [0.1, 0.15) is 33.3 Å². The Labute approximate surface area is 153 Å². The summed E-state index contributed by atoms with van der Waals surface area (Å²) in [5.74, 6) is -0.0802. The minimum atomic E-state index is -0.481. The van der Waals surface area contributed by atoms with Crippen LogP contribution in [0.5, 0.6) is 0 Å². The molecule has 0 aliphatic heterocycles. The third kappa shape index (κ3) is 7.42. The fourth-order valence-corrected chi connectivity index (χ4v) is 2.18. The van der Waals surface area contributed by atoms with Gasteiger partial charge in [0.2, 0.25) is 5.91 Å². The maximum Gasteiger partial charge on any atom is 0.237 e. The van der Waals surface area contributed by atoms with Gasteiger partial charge in [0.15, 0.2) is 0 Å². The number of nitrogens with two attached hydrogens (primary N) is 1. The van der Waals surface area contributed by atoms with E-state index in [2.05, 4.69) is 36.2 Å².